The predicted molar refractivity (Wildman–Crippen MR) is 184 cm³/mol. The first kappa shape index (κ1) is 31.6. The van der Waals surface area contributed by atoms with Crippen molar-refractivity contribution in [1.82, 2.24) is 0 Å². The van der Waals surface area contributed by atoms with E-state index in [0.717, 1.165) is 27.8 Å². The van der Waals surface area contributed by atoms with Gasteiger partial charge in [-0.05, 0) is 27.8 Å². The lowest BCUT2D eigenvalue weighted by Crippen LogP contribution is -2.59. The van der Waals surface area contributed by atoms with E-state index in [-0.39, 0.29) is 10.5 Å². The van der Waals surface area contributed by atoms with Crippen molar-refractivity contribution in [3.05, 3.63) is 179 Å². The quantitative estimate of drug-likeness (QED) is 0.0818. The van der Waals surface area contributed by atoms with E-state index in [1.807, 2.05) is 115 Å². The first-order chi connectivity index (χ1) is 22.1. The molecule has 5 atom stereocenters. The van der Waals surface area contributed by atoms with Gasteiger partial charge >= 0.3 is 0 Å². The molecule has 0 amide bonds. The molecule has 1 saturated heterocycles. The van der Waals surface area contributed by atoms with Gasteiger partial charge in [0.2, 0.25) is 0 Å². The van der Waals surface area contributed by atoms with E-state index in [1.54, 1.807) is 0 Å². The molecule has 1 heterocycles. The highest BCUT2D eigenvalue weighted by atomic mass is 127. The minimum atomic E-state index is -1.06. The van der Waals surface area contributed by atoms with Gasteiger partial charge in [-0.1, -0.05) is 174 Å². The monoisotopic (exact) mass is 712 g/mol. The van der Waals surface area contributed by atoms with Crippen molar-refractivity contribution in [1.29, 1.82) is 0 Å². The van der Waals surface area contributed by atoms with E-state index in [4.69, 9.17) is 18.9 Å². The molecule has 6 heteroatoms. The highest BCUT2D eigenvalue weighted by Crippen LogP contribution is 2.41. The SMILES string of the molecule is OC1OC(COC(c2ccccc2)(c2ccccc2)c2ccccc2)C(OCc2ccccc2)C(OCc2ccccc2)C1I. The van der Waals surface area contributed by atoms with Gasteiger partial charge < -0.3 is 24.1 Å². The summed E-state index contributed by atoms with van der Waals surface area (Å²) in [6.45, 7) is 0.902. The normalized spacial score (nSPS) is 21.8. The molecule has 0 spiro atoms. The van der Waals surface area contributed by atoms with Crippen molar-refractivity contribution >= 4 is 22.6 Å². The van der Waals surface area contributed by atoms with Crippen LogP contribution in [0.3, 0.4) is 0 Å². The summed E-state index contributed by atoms with van der Waals surface area (Å²) >= 11 is 2.22. The van der Waals surface area contributed by atoms with Crippen LogP contribution in [0.5, 0.6) is 0 Å². The molecular formula is C39H37IO5. The van der Waals surface area contributed by atoms with Crippen molar-refractivity contribution in [3.63, 3.8) is 0 Å². The lowest BCUT2D eigenvalue weighted by Gasteiger charge is -2.44. The number of hydrogen-bond donors (Lipinski definition) is 1. The third-order valence-corrected chi connectivity index (χ3v) is 9.49. The van der Waals surface area contributed by atoms with Gasteiger partial charge in [0, 0.05) is 0 Å². The second-order valence-corrected chi connectivity index (χ2v) is 12.6. The third kappa shape index (κ3) is 7.38. The molecule has 1 aliphatic rings. The van der Waals surface area contributed by atoms with Crippen LogP contribution in [0.15, 0.2) is 152 Å². The molecule has 0 bridgehead atoms. The Morgan fingerprint density at radius 2 is 0.933 bits per heavy atom. The van der Waals surface area contributed by atoms with E-state index < -0.39 is 30.2 Å². The molecule has 1 fully saturated rings. The van der Waals surface area contributed by atoms with Gasteiger partial charge in [0.25, 0.3) is 0 Å². The molecule has 0 aromatic heterocycles. The zero-order valence-corrected chi connectivity index (χ0v) is 27.1. The van der Waals surface area contributed by atoms with Crippen LogP contribution < -0.4 is 0 Å². The molecule has 5 aromatic rings. The average Bonchev–Trinajstić information content (AvgIpc) is 3.11. The molecule has 0 saturated carbocycles. The Hall–Kier alpha value is -3.37. The van der Waals surface area contributed by atoms with Gasteiger partial charge in [0.05, 0.1) is 23.7 Å². The zero-order chi connectivity index (χ0) is 30.9. The first-order valence-corrected chi connectivity index (χ1v) is 16.5. The number of alkyl halides is 1. The molecule has 0 radical (unpaired) electrons. The van der Waals surface area contributed by atoms with Crippen LogP contribution in [-0.2, 0) is 37.8 Å². The van der Waals surface area contributed by atoms with E-state index in [9.17, 15) is 5.11 Å². The standard InChI is InChI=1S/C39H37IO5/c40-35-37(43-27-30-18-8-2-9-19-30)36(42-26-29-16-6-1-7-17-29)34(45-38(35)41)28-44-39(31-20-10-3-11-21-31,32-22-12-4-13-23-32)33-24-14-5-15-25-33/h1-25,34-38,41H,26-28H2. The van der Waals surface area contributed by atoms with E-state index in [0.29, 0.717) is 13.2 Å². The summed E-state index contributed by atoms with van der Waals surface area (Å²) in [6, 6.07) is 50.8. The van der Waals surface area contributed by atoms with Gasteiger partial charge in [-0.25, -0.2) is 0 Å². The van der Waals surface area contributed by atoms with Gasteiger partial charge in [0.15, 0.2) is 6.29 Å². The zero-order valence-electron chi connectivity index (χ0n) is 24.9. The molecular weight excluding hydrogens is 675 g/mol. The van der Waals surface area contributed by atoms with Crippen molar-refractivity contribution in [2.75, 3.05) is 6.61 Å². The highest BCUT2D eigenvalue weighted by molar-refractivity contribution is 14.1. The number of rotatable bonds is 12. The molecule has 5 unspecified atom stereocenters. The van der Waals surface area contributed by atoms with Gasteiger partial charge in [-0.3, -0.25) is 0 Å². The Labute approximate surface area is 278 Å². The second kappa shape index (κ2) is 15.3. The molecule has 5 nitrogen and oxygen atoms in total. The fourth-order valence-corrected chi connectivity index (χ4v) is 6.71. The fourth-order valence-electron chi connectivity index (χ4n) is 5.92. The van der Waals surface area contributed by atoms with Gasteiger partial charge in [0.1, 0.15) is 23.9 Å². The average molecular weight is 713 g/mol. The largest absolute Gasteiger partial charge is 0.369 e. The van der Waals surface area contributed by atoms with Crippen LogP contribution >= 0.6 is 22.6 Å². The smallest absolute Gasteiger partial charge is 0.169 e. The number of aliphatic hydroxyl groups excluding tert-OH is 1. The highest BCUT2D eigenvalue weighted by Gasteiger charge is 2.48. The summed E-state index contributed by atoms with van der Waals surface area (Å²) < 4.78 is 26.3. The van der Waals surface area contributed by atoms with Crippen molar-refractivity contribution in [2.45, 2.75) is 47.3 Å². The molecule has 0 aliphatic carbocycles. The maximum atomic E-state index is 11.2. The lowest BCUT2D eigenvalue weighted by atomic mass is 9.80. The molecule has 1 N–H and O–H groups in total. The van der Waals surface area contributed by atoms with Crippen LogP contribution in [0.4, 0.5) is 0 Å². The van der Waals surface area contributed by atoms with Crippen LogP contribution in [0.1, 0.15) is 27.8 Å². The number of hydrogen-bond acceptors (Lipinski definition) is 5. The summed E-state index contributed by atoms with van der Waals surface area (Å²) in [4.78, 5) is 0. The molecule has 1 aliphatic heterocycles. The number of benzene rings is 5. The summed E-state index contributed by atoms with van der Waals surface area (Å²) in [5, 5.41) is 11.2. The van der Waals surface area contributed by atoms with E-state index >= 15 is 0 Å². The number of ether oxygens (including phenoxy) is 4. The molecule has 5 aromatic carbocycles. The molecule has 6 rings (SSSR count). The Morgan fingerprint density at radius 3 is 1.36 bits per heavy atom. The van der Waals surface area contributed by atoms with E-state index in [2.05, 4.69) is 59.0 Å². The summed E-state index contributed by atoms with van der Waals surface area (Å²) in [7, 11) is 0. The number of halogens is 1. The van der Waals surface area contributed by atoms with Crippen LogP contribution in [0.25, 0.3) is 0 Å². The third-order valence-electron chi connectivity index (χ3n) is 8.17. The van der Waals surface area contributed by atoms with Crippen LogP contribution in [0, 0.1) is 0 Å². The van der Waals surface area contributed by atoms with Crippen LogP contribution in [0.2, 0.25) is 0 Å². The summed E-state index contributed by atoms with van der Waals surface area (Å²) in [5.41, 5.74) is 4.12. The minimum Gasteiger partial charge on any atom is -0.369 e. The number of aliphatic hydroxyl groups is 1. The Balaban J connectivity index is 1.35. The Bertz CT molecular complexity index is 1470. The maximum Gasteiger partial charge on any atom is 0.169 e. The predicted octanol–water partition coefficient (Wildman–Crippen LogP) is 7.69. The molecule has 230 valence electrons. The van der Waals surface area contributed by atoms with Crippen molar-refractivity contribution in [3.8, 4) is 0 Å². The molecule has 45 heavy (non-hydrogen) atoms. The maximum absolute atomic E-state index is 11.2. The van der Waals surface area contributed by atoms with Crippen molar-refractivity contribution in [2.24, 2.45) is 0 Å². The van der Waals surface area contributed by atoms with Crippen LogP contribution in [-0.4, -0.2) is 40.2 Å². The Kier molecular flexibility index (Phi) is 10.7. The summed E-state index contributed by atoms with van der Waals surface area (Å²) in [6.07, 6.45) is -2.65. The van der Waals surface area contributed by atoms with Gasteiger partial charge in [-0.2, -0.15) is 0 Å². The second-order valence-electron chi connectivity index (χ2n) is 11.1. The summed E-state index contributed by atoms with van der Waals surface area (Å²) in [5.74, 6) is 0. The van der Waals surface area contributed by atoms with E-state index in [1.165, 1.54) is 0 Å². The van der Waals surface area contributed by atoms with Gasteiger partial charge in [-0.15, -0.1) is 0 Å². The lowest BCUT2D eigenvalue weighted by molar-refractivity contribution is -0.262. The Morgan fingerprint density at radius 1 is 0.556 bits per heavy atom. The first-order valence-electron chi connectivity index (χ1n) is 15.2. The topological polar surface area (TPSA) is 57.2 Å². The fraction of sp³-hybridized carbons (Fsp3) is 0.231. The van der Waals surface area contributed by atoms with Crippen molar-refractivity contribution < 1.29 is 24.1 Å². The minimum absolute atomic E-state index is 0.143.